The molecule has 3 atom stereocenters. The monoisotopic (exact) mass is 423 g/mol. The Balaban J connectivity index is 1.60. The maximum absolute atomic E-state index is 12.3. The second-order valence-corrected chi connectivity index (χ2v) is 7.61. The molecule has 2 aliphatic rings. The number of aliphatic hydroxyl groups is 1. The number of methoxy groups -OCH3 is 1. The summed E-state index contributed by atoms with van der Waals surface area (Å²) in [7, 11) is 1.57. The summed E-state index contributed by atoms with van der Waals surface area (Å²) in [6.07, 6.45) is -0.511. The van der Waals surface area contributed by atoms with Crippen LogP contribution in [0.15, 0.2) is 51.3 Å². The molecule has 1 saturated heterocycles. The third kappa shape index (κ3) is 4.08. The minimum Gasteiger partial charge on any atom is -0.509 e. The van der Waals surface area contributed by atoms with Crippen molar-refractivity contribution in [2.45, 2.75) is 19.2 Å². The van der Waals surface area contributed by atoms with Crippen LogP contribution in [0.1, 0.15) is 6.92 Å². The number of hydrogen-bond donors (Lipinski definition) is 3. The van der Waals surface area contributed by atoms with E-state index >= 15 is 0 Å². The van der Waals surface area contributed by atoms with Gasteiger partial charge in [-0.15, -0.1) is 0 Å². The van der Waals surface area contributed by atoms with E-state index in [9.17, 15) is 14.7 Å². The Hall–Kier alpha value is -3.12. The van der Waals surface area contributed by atoms with Gasteiger partial charge in [-0.2, -0.15) is 0 Å². The summed E-state index contributed by atoms with van der Waals surface area (Å²) in [4.78, 5) is 26.5. The van der Waals surface area contributed by atoms with Crippen LogP contribution in [0, 0.1) is 17.8 Å². The summed E-state index contributed by atoms with van der Waals surface area (Å²) in [6, 6.07) is 8.48. The molecule has 1 aliphatic carbocycles. The van der Waals surface area contributed by atoms with E-state index < -0.39 is 23.1 Å². The highest BCUT2D eigenvalue weighted by molar-refractivity contribution is 5.79. The minimum absolute atomic E-state index is 0.0169. The highest BCUT2D eigenvalue weighted by atomic mass is 16.5. The zero-order valence-corrected chi connectivity index (χ0v) is 17.5. The SMILES string of the molecule is COC(C1=C(O)C(Nc2c(Nc3ccccc3)c(=O)c2=O)C(C)C#C1)N1CCOCC1. The van der Waals surface area contributed by atoms with Crippen molar-refractivity contribution in [3.8, 4) is 11.8 Å². The topological polar surface area (TPSA) is 100 Å². The molecule has 2 aromatic rings. The molecule has 3 unspecified atom stereocenters. The van der Waals surface area contributed by atoms with Gasteiger partial charge in [-0.3, -0.25) is 14.5 Å². The average molecular weight is 423 g/mol. The van der Waals surface area contributed by atoms with Crippen LogP contribution < -0.4 is 21.5 Å². The summed E-state index contributed by atoms with van der Waals surface area (Å²) in [5, 5.41) is 17.1. The lowest BCUT2D eigenvalue weighted by Gasteiger charge is -2.36. The normalized spacial score (nSPS) is 22.6. The number of rotatable bonds is 7. The highest BCUT2D eigenvalue weighted by Gasteiger charge is 2.34. The van der Waals surface area contributed by atoms with E-state index in [0.29, 0.717) is 37.6 Å². The van der Waals surface area contributed by atoms with E-state index in [2.05, 4.69) is 27.4 Å². The molecule has 3 N–H and O–H groups in total. The van der Waals surface area contributed by atoms with Crippen LogP contribution in [0.3, 0.4) is 0 Å². The number of aliphatic hydroxyl groups excluding tert-OH is 1. The van der Waals surface area contributed by atoms with Gasteiger partial charge in [0.05, 0.1) is 24.8 Å². The summed E-state index contributed by atoms with van der Waals surface area (Å²) in [5.74, 6) is 5.87. The van der Waals surface area contributed by atoms with Crippen molar-refractivity contribution in [2.75, 3.05) is 44.0 Å². The summed E-state index contributed by atoms with van der Waals surface area (Å²) < 4.78 is 11.0. The molecule has 8 heteroatoms. The van der Waals surface area contributed by atoms with Gasteiger partial charge in [0, 0.05) is 31.8 Å². The molecule has 1 aliphatic heterocycles. The van der Waals surface area contributed by atoms with E-state index in [1.807, 2.05) is 25.1 Å². The molecule has 1 heterocycles. The Kier molecular flexibility index (Phi) is 6.09. The zero-order chi connectivity index (χ0) is 22.0. The number of anilines is 3. The van der Waals surface area contributed by atoms with Gasteiger partial charge in [-0.25, -0.2) is 0 Å². The van der Waals surface area contributed by atoms with Gasteiger partial charge in [-0.05, 0) is 19.1 Å². The lowest BCUT2D eigenvalue weighted by atomic mass is 9.91. The molecule has 0 saturated carbocycles. The number of nitrogens with zero attached hydrogens (tertiary/aromatic N) is 1. The van der Waals surface area contributed by atoms with Gasteiger partial charge in [0.25, 0.3) is 10.9 Å². The molecule has 0 amide bonds. The summed E-state index contributed by atoms with van der Waals surface area (Å²) in [5.41, 5.74) is 0.286. The van der Waals surface area contributed by atoms with Crippen molar-refractivity contribution in [3.05, 3.63) is 62.1 Å². The molecule has 162 valence electrons. The highest BCUT2D eigenvalue weighted by Crippen LogP contribution is 2.29. The second-order valence-electron chi connectivity index (χ2n) is 7.61. The lowest BCUT2D eigenvalue weighted by Crippen LogP contribution is -2.47. The first-order valence-electron chi connectivity index (χ1n) is 10.2. The smallest absolute Gasteiger partial charge is 0.253 e. The number of benzene rings is 1. The fraction of sp³-hybridized carbons (Fsp3) is 0.391. The number of nitrogens with one attached hydrogen (secondary N) is 2. The van der Waals surface area contributed by atoms with Crippen molar-refractivity contribution in [3.63, 3.8) is 0 Å². The third-order valence-electron chi connectivity index (χ3n) is 5.61. The quantitative estimate of drug-likeness (QED) is 0.456. The first kappa shape index (κ1) is 21.1. The molecule has 0 radical (unpaired) electrons. The zero-order valence-electron chi connectivity index (χ0n) is 17.5. The van der Waals surface area contributed by atoms with E-state index in [1.165, 1.54) is 0 Å². The predicted octanol–water partition coefficient (Wildman–Crippen LogP) is 1.58. The van der Waals surface area contributed by atoms with E-state index in [4.69, 9.17) is 9.47 Å². The van der Waals surface area contributed by atoms with Crippen molar-refractivity contribution in [2.24, 2.45) is 5.92 Å². The third-order valence-corrected chi connectivity index (χ3v) is 5.61. The largest absolute Gasteiger partial charge is 0.509 e. The Morgan fingerprint density at radius 1 is 1.16 bits per heavy atom. The molecule has 0 aromatic heterocycles. The van der Waals surface area contributed by atoms with E-state index in [1.54, 1.807) is 19.2 Å². The molecule has 4 rings (SSSR count). The first-order valence-corrected chi connectivity index (χ1v) is 10.2. The number of hydrogen-bond acceptors (Lipinski definition) is 8. The lowest BCUT2D eigenvalue weighted by molar-refractivity contribution is -0.0598. The van der Waals surface area contributed by atoms with Crippen LogP contribution in [-0.4, -0.2) is 55.7 Å². The second kappa shape index (κ2) is 8.94. The number of para-hydroxylation sites is 1. The van der Waals surface area contributed by atoms with Gasteiger partial charge in [0.1, 0.15) is 23.4 Å². The standard InChI is InChI=1S/C23H25N3O5/c1-14-8-9-16(23(30-2)26-10-12-31-13-11-26)20(27)17(14)25-19-18(21(28)22(19)29)24-15-6-4-3-5-7-15/h3-7,14,17,23-25,27H,10-13H2,1-2H3. The Morgan fingerprint density at radius 2 is 1.84 bits per heavy atom. The van der Waals surface area contributed by atoms with Crippen LogP contribution >= 0.6 is 0 Å². The van der Waals surface area contributed by atoms with Crippen LogP contribution in [0.2, 0.25) is 0 Å². The maximum atomic E-state index is 12.3. The van der Waals surface area contributed by atoms with Gasteiger partial charge in [-0.1, -0.05) is 30.0 Å². The van der Waals surface area contributed by atoms with Gasteiger partial charge < -0.3 is 25.2 Å². The van der Waals surface area contributed by atoms with Crippen LogP contribution in [-0.2, 0) is 9.47 Å². The van der Waals surface area contributed by atoms with Gasteiger partial charge >= 0.3 is 0 Å². The molecule has 2 aromatic carbocycles. The number of morpholine rings is 1. The van der Waals surface area contributed by atoms with Gasteiger partial charge in [0.15, 0.2) is 0 Å². The van der Waals surface area contributed by atoms with Crippen LogP contribution in [0.5, 0.6) is 0 Å². The Labute approximate surface area is 180 Å². The minimum atomic E-state index is -0.644. The van der Waals surface area contributed by atoms with Crippen molar-refractivity contribution >= 4 is 17.1 Å². The maximum Gasteiger partial charge on any atom is 0.253 e. The van der Waals surface area contributed by atoms with Crippen LogP contribution in [0.25, 0.3) is 0 Å². The van der Waals surface area contributed by atoms with Crippen LogP contribution in [0.4, 0.5) is 17.1 Å². The van der Waals surface area contributed by atoms with E-state index in [0.717, 1.165) is 0 Å². The van der Waals surface area contributed by atoms with Crippen molar-refractivity contribution in [1.82, 2.24) is 4.90 Å². The van der Waals surface area contributed by atoms with Gasteiger partial charge in [0.2, 0.25) is 0 Å². The molecule has 1 fully saturated rings. The summed E-state index contributed by atoms with van der Waals surface area (Å²) in [6.45, 7) is 4.33. The van der Waals surface area contributed by atoms with E-state index in [-0.39, 0.29) is 23.1 Å². The predicted molar refractivity (Wildman–Crippen MR) is 118 cm³/mol. The fourth-order valence-electron chi connectivity index (χ4n) is 3.86. The molecule has 31 heavy (non-hydrogen) atoms. The Morgan fingerprint density at radius 3 is 2.52 bits per heavy atom. The molecule has 0 spiro atoms. The molecule has 0 bridgehead atoms. The molecular weight excluding hydrogens is 398 g/mol. The number of ether oxygens (including phenoxy) is 2. The first-order chi connectivity index (χ1) is 15.0. The molecular formula is C23H25N3O5. The van der Waals surface area contributed by atoms with Crippen molar-refractivity contribution in [1.29, 1.82) is 0 Å². The average Bonchev–Trinajstić information content (AvgIpc) is 2.81. The Bertz CT molecular complexity index is 1100. The fourth-order valence-corrected chi connectivity index (χ4v) is 3.86. The van der Waals surface area contributed by atoms with Crippen molar-refractivity contribution < 1.29 is 14.6 Å². The summed E-state index contributed by atoms with van der Waals surface area (Å²) >= 11 is 0. The molecule has 8 nitrogen and oxygen atoms in total.